The van der Waals surface area contributed by atoms with Crippen molar-refractivity contribution >= 4 is 44.0 Å². The monoisotopic (exact) mass is 342 g/mol. The summed E-state index contributed by atoms with van der Waals surface area (Å²) in [7, 11) is 0. The van der Waals surface area contributed by atoms with Crippen molar-refractivity contribution in [3.63, 3.8) is 0 Å². The number of nitrogen functional groups attached to an aromatic ring is 1. The molecule has 1 aromatic heterocycles. The molecule has 1 atom stereocenters. The van der Waals surface area contributed by atoms with E-state index in [1.807, 2.05) is 6.92 Å². The van der Waals surface area contributed by atoms with Gasteiger partial charge in [-0.2, -0.15) is 0 Å². The van der Waals surface area contributed by atoms with Crippen molar-refractivity contribution in [2.24, 2.45) is 0 Å². The molecule has 0 bridgehead atoms. The third kappa shape index (κ3) is 1.96. The number of aromatic nitrogens is 1. The first kappa shape index (κ1) is 12.5. The minimum atomic E-state index is 0.377. The highest BCUT2D eigenvalue weighted by Gasteiger charge is 2.29. The number of aryl methyl sites for hydroxylation is 2. The Labute approximate surface area is 123 Å². The number of fused-ring (bicyclic) bond motifs is 1. The summed E-state index contributed by atoms with van der Waals surface area (Å²) in [6.07, 6.45) is 2.10. The van der Waals surface area contributed by atoms with Crippen LogP contribution in [0.2, 0.25) is 5.02 Å². The van der Waals surface area contributed by atoms with Crippen LogP contribution in [0.3, 0.4) is 0 Å². The second-order valence-corrected chi connectivity index (χ2v) is 6.90. The van der Waals surface area contributed by atoms with Crippen molar-refractivity contribution in [2.75, 3.05) is 5.73 Å². The van der Waals surface area contributed by atoms with E-state index in [4.69, 9.17) is 17.3 Å². The topological polar surface area (TPSA) is 38.9 Å². The van der Waals surface area contributed by atoms with Crippen LogP contribution in [0.4, 0.5) is 5.13 Å². The summed E-state index contributed by atoms with van der Waals surface area (Å²) in [4.78, 5) is 5.68. The fourth-order valence-electron chi connectivity index (χ4n) is 2.47. The second-order valence-electron chi connectivity index (χ2n) is 4.58. The number of nitrogens with two attached hydrogens (primary N) is 1. The van der Waals surface area contributed by atoms with E-state index >= 15 is 0 Å². The zero-order valence-electron chi connectivity index (χ0n) is 9.84. The Balaban J connectivity index is 2.09. The maximum atomic E-state index is 6.24. The lowest BCUT2D eigenvalue weighted by atomic mass is 9.97. The normalized spacial score (nSPS) is 18.1. The first-order valence-corrected chi connectivity index (χ1v) is 7.75. The van der Waals surface area contributed by atoms with Gasteiger partial charge in [0, 0.05) is 20.3 Å². The summed E-state index contributed by atoms with van der Waals surface area (Å²) in [5, 5.41) is 1.48. The Morgan fingerprint density at radius 2 is 2.28 bits per heavy atom. The summed E-state index contributed by atoms with van der Waals surface area (Å²) in [5.41, 5.74) is 9.28. The van der Waals surface area contributed by atoms with Gasteiger partial charge in [-0.3, -0.25) is 0 Å². The molecule has 0 saturated carbocycles. The van der Waals surface area contributed by atoms with Crippen LogP contribution < -0.4 is 5.73 Å². The van der Waals surface area contributed by atoms with Gasteiger partial charge in [-0.15, -0.1) is 11.3 Å². The highest BCUT2D eigenvalue weighted by molar-refractivity contribution is 9.10. The predicted octanol–water partition coefficient (Wildman–Crippen LogP) is 4.53. The van der Waals surface area contributed by atoms with Gasteiger partial charge in [0.1, 0.15) is 0 Å². The Morgan fingerprint density at radius 1 is 1.50 bits per heavy atom. The van der Waals surface area contributed by atoms with Gasteiger partial charge in [-0.1, -0.05) is 27.5 Å². The third-order valence-corrected chi connectivity index (χ3v) is 5.52. The second kappa shape index (κ2) is 4.51. The predicted molar refractivity (Wildman–Crippen MR) is 80.6 cm³/mol. The number of nitrogens with zero attached hydrogens (tertiary/aromatic N) is 1. The Kier molecular flexibility index (Phi) is 3.12. The molecule has 1 unspecified atom stereocenters. The molecule has 2 aromatic rings. The van der Waals surface area contributed by atoms with Crippen LogP contribution in [-0.2, 0) is 6.42 Å². The molecule has 0 saturated heterocycles. The molecule has 3 rings (SSSR count). The van der Waals surface area contributed by atoms with Gasteiger partial charge in [0.15, 0.2) is 5.13 Å². The quantitative estimate of drug-likeness (QED) is 0.826. The van der Waals surface area contributed by atoms with E-state index in [0.29, 0.717) is 11.0 Å². The molecule has 1 aromatic carbocycles. The highest BCUT2D eigenvalue weighted by atomic mass is 79.9. The van der Waals surface area contributed by atoms with Gasteiger partial charge in [-0.25, -0.2) is 4.98 Å². The fraction of sp³-hybridized carbons (Fsp3) is 0.308. The zero-order valence-corrected chi connectivity index (χ0v) is 13.0. The number of thiazole rings is 1. The SMILES string of the molecule is Cc1cc(Br)c(C2CCc3nc(N)sc32)cc1Cl. The van der Waals surface area contributed by atoms with Gasteiger partial charge < -0.3 is 5.73 Å². The van der Waals surface area contributed by atoms with Crippen LogP contribution in [0, 0.1) is 6.92 Å². The molecule has 5 heteroatoms. The molecule has 2 N–H and O–H groups in total. The average Bonchev–Trinajstić information content (AvgIpc) is 2.82. The van der Waals surface area contributed by atoms with Crippen LogP contribution in [0.1, 0.15) is 34.0 Å². The van der Waals surface area contributed by atoms with E-state index in [2.05, 4.69) is 33.0 Å². The molecule has 1 aliphatic rings. The number of benzene rings is 1. The first-order valence-electron chi connectivity index (χ1n) is 5.77. The van der Waals surface area contributed by atoms with Crippen molar-refractivity contribution in [2.45, 2.75) is 25.7 Å². The van der Waals surface area contributed by atoms with E-state index in [0.717, 1.165) is 33.6 Å². The summed E-state index contributed by atoms with van der Waals surface area (Å²) >= 11 is 11.5. The van der Waals surface area contributed by atoms with Gasteiger partial charge in [0.25, 0.3) is 0 Å². The minimum Gasteiger partial charge on any atom is -0.375 e. The Morgan fingerprint density at radius 3 is 3.06 bits per heavy atom. The molecule has 18 heavy (non-hydrogen) atoms. The van der Waals surface area contributed by atoms with Gasteiger partial charge in [0.05, 0.1) is 5.69 Å². The van der Waals surface area contributed by atoms with Gasteiger partial charge in [-0.05, 0) is 43.0 Å². The third-order valence-electron chi connectivity index (χ3n) is 3.38. The van der Waals surface area contributed by atoms with Gasteiger partial charge in [0.2, 0.25) is 0 Å². The number of hydrogen-bond donors (Lipinski definition) is 1. The minimum absolute atomic E-state index is 0.377. The molecule has 0 amide bonds. The molecule has 1 heterocycles. The molecular weight excluding hydrogens is 332 g/mol. The summed E-state index contributed by atoms with van der Waals surface area (Å²) in [6, 6.07) is 4.15. The number of halogens is 2. The Hall–Kier alpha value is -0.580. The van der Waals surface area contributed by atoms with Crippen LogP contribution in [0.5, 0.6) is 0 Å². The standard InChI is InChI=1S/C13H12BrClN2S/c1-6-4-9(14)8(5-10(6)15)7-2-3-11-12(7)18-13(16)17-11/h4-5,7H,2-3H2,1H3,(H2,16,17). The Bertz CT molecular complexity index is 624. The summed E-state index contributed by atoms with van der Waals surface area (Å²) < 4.78 is 1.12. The van der Waals surface area contributed by atoms with Crippen molar-refractivity contribution in [3.05, 3.63) is 43.3 Å². The average molecular weight is 344 g/mol. The van der Waals surface area contributed by atoms with E-state index in [1.165, 1.54) is 10.4 Å². The van der Waals surface area contributed by atoms with Crippen LogP contribution >= 0.6 is 38.9 Å². The van der Waals surface area contributed by atoms with Crippen molar-refractivity contribution in [3.8, 4) is 0 Å². The highest BCUT2D eigenvalue weighted by Crippen LogP contribution is 2.45. The van der Waals surface area contributed by atoms with Gasteiger partial charge >= 0.3 is 0 Å². The molecule has 2 nitrogen and oxygen atoms in total. The summed E-state index contributed by atoms with van der Waals surface area (Å²) in [6.45, 7) is 2.02. The van der Waals surface area contributed by atoms with E-state index in [-0.39, 0.29) is 0 Å². The van der Waals surface area contributed by atoms with Crippen molar-refractivity contribution in [1.82, 2.24) is 4.98 Å². The van der Waals surface area contributed by atoms with Crippen LogP contribution in [0.25, 0.3) is 0 Å². The maximum Gasteiger partial charge on any atom is 0.180 e. The lowest BCUT2D eigenvalue weighted by molar-refractivity contribution is 0.787. The molecule has 1 aliphatic carbocycles. The van der Waals surface area contributed by atoms with E-state index in [9.17, 15) is 0 Å². The van der Waals surface area contributed by atoms with Crippen LogP contribution in [0.15, 0.2) is 16.6 Å². The van der Waals surface area contributed by atoms with Crippen LogP contribution in [-0.4, -0.2) is 4.98 Å². The lowest BCUT2D eigenvalue weighted by Crippen LogP contribution is -1.97. The summed E-state index contributed by atoms with van der Waals surface area (Å²) in [5.74, 6) is 0.377. The fourth-order valence-corrected chi connectivity index (χ4v) is 4.41. The largest absolute Gasteiger partial charge is 0.375 e. The number of rotatable bonds is 1. The number of hydrogen-bond acceptors (Lipinski definition) is 3. The van der Waals surface area contributed by atoms with Crippen molar-refractivity contribution < 1.29 is 0 Å². The molecule has 0 fully saturated rings. The molecule has 0 aliphatic heterocycles. The van der Waals surface area contributed by atoms with E-state index in [1.54, 1.807) is 11.3 Å². The first-order chi connectivity index (χ1) is 8.56. The molecule has 0 spiro atoms. The smallest absolute Gasteiger partial charge is 0.180 e. The number of anilines is 1. The molecule has 94 valence electrons. The molecule has 0 radical (unpaired) electrons. The molecular formula is C13H12BrClN2S. The van der Waals surface area contributed by atoms with E-state index < -0.39 is 0 Å². The maximum absolute atomic E-state index is 6.24. The zero-order chi connectivity index (χ0) is 12.9. The van der Waals surface area contributed by atoms with Crippen molar-refractivity contribution in [1.29, 1.82) is 0 Å². The lowest BCUT2D eigenvalue weighted by Gasteiger charge is -2.14.